The van der Waals surface area contributed by atoms with Crippen LogP contribution in [0.15, 0.2) is 0 Å². The fourth-order valence-corrected chi connectivity index (χ4v) is 2.48. The maximum atomic E-state index is 11.9. The standard InChI is InChI=1S/C14H24O3/c1-11(15)9-10-14(17)12-5-2-3-7-13(16)8-4-6-12/h12-13,16H,2-10H2,1H3. The fourth-order valence-electron chi connectivity index (χ4n) is 2.48. The van der Waals surface area contributed by atoms with Gasteiger partial charge in [0, 0.05) is 18.8 Å². The van der Waals surface area contributed by atoms with Gasteiger partial charge in [0.05, 0.1) is 6.10 Å². The van der Waals surface area contributed by atoms with Crippen molar-refractivity contribution in [2.24, 2.45) is 5.92 Å². The average Bonchev–Trinajstić information content (AvgIpc) is 2.38. The number of hydrogen-bond donors (Lipinski definition) is 1. The minimum Gasteiger partial charge on any atom is -0.393 e. The largest absolute Gasteiger partial charge is 0.393 e. The quantitative estimate of drug-likeness (QED) is 0.822. The summed E-state index contributed by atoms with van der Waals surface area (Å²) in [6.07, 6.45) is 7.08. The van der Waals surface area contributed by atoms with Crippen LogP contribution in [0.25, 0.3) is 0 Å². The minimum absolute atomic E-state index is 0.0943. The van der Waals surface area contributed by atoms with Crippen LogP contribution < -0.4 is 0 Å². The molecule has 3 heteroatoms. The molecule has 0 aromatic carbocycles. The summed E-state index contributed by atoms with van der Waals surface area (Å²) in [6, 6.07) is 0. The summed E-state index contributed by atoms with van der Waals surface area (Å²) in [5.74, 6) is 0.466. The van der Waals surface area contributed by atoms with Gasteiger partial charge < -0.3 is 9.90 Å². The highest BCUT2D eigenvalue weighted by molar-refractivity contribution is 5.86. The summed E-state index contributed by atoms with van der Waals surface area (Å²) in [5, 5.41) is 9.61. The van der Waals surface area contributed by atoms with Crippen LogP contribution in [0.1, 0.15) is 64.7 Å². The smallest absolute Gasteiger partial charge is 0.136 e. The predicted molar refractivity (Wildman–Crippen MR) is 66.7 cm³/mol. The van der Waals surface area contributed by atoms with E-state index in [1.807, 2.05) is 0 Å². The maximum absolute atomic E-state index is 11.9. The van der Waals surface area contributed by atoms with E-state index in [1.54, 1.807) is 0 Å². The van der Waals surface area contributed by atoms with E-state index in [0.717, 1.165) is 44.9 Å². The molecule has 0 heterocycles. The van der Waals surface area contributed by atoms with Crippen LogP contribution >= 0.6 is 0 Å². The van der Waals surface area contributed by atoms with Gasteiger partial charge in [-0.3, -0.25) is 4.79 Å². The molecule has 0 radical (unpaired) electrons. The molecule has 3 nitrogen and oxygen atoms in total. The first kappa shape index (κ1) is 14.4. The van der Waals surface area contributed by atoms with E-state index in [1.165, 1.54) is 6.92 Å². The van der Waals surface area contributed by atoms with Crippen molar-refractivity contribution in [1.29, 1.82) is 0 Å². The van der Waals surface area contributed by atoms with Crippen LogP contribution in [-0.4, -0.2) is 22.8 Å². The zero-order valence-corrected chi connectivity index (χ0v) is 10.8. The van der Waals surface area contributed by atoms with Crippen molar-refractivity contribution in [2.45, 2.75) is 70.8 Å². The lowest BCUT2D eigenvalue weighted by atomic mass is 9.90. The van der Waals surface area contributed by atoms with E-state index in [2.05, 4.69) is 0 Å². The SMILES string of the molecule is CC(=O)CCC(=O)C1CCCCC(O)CCC1. The van der Waals surface area contributed by atoms with Crippen molar-refractivity contribution in [3.05, 3.63) is 0 Å². The molecule has 0 aliphatic heterocycles. The maximum Gasteiger partial charge on any atom is 0.136 e. The van der Waals surface area contributed by atoms with Crippen molar-refractivity contribution >= 4 is 11.6 Å². The summed E-state index contributed by atoms with van der Waals surface area (Å²) in [6.45, 7) is 1.53. The first-order valence-corrected chi connectivity index (χ1v) is 6.80. The Morgan fingerprint density at radius 2 is 1.59 bits per heavy atom. The number of aliphatic hydroxyl groups excluding tert-OH is 1. The van der Waals surface area contributed by atoms with Crippen LogP contribution in [0.5, 0.6) is 0 Å². The Bertz CT molecular complexity index is 260. The van der Waals surface area contributed by atoms with Gasteiger partial charge in [-0.05, 0) is 32.6 Å². The minimum atomic E-state index is -0.180. The lowest BCUT2D eigenvalue weighted by molar-refractivity contribution is -0.126. The molecule has 0 spiro atoms. The van der Waals surface area contributed by atoms with E-state index in [0.29, 0.717) is 12.8 Å². The van der Waals surface area contributed by atoms with Gasteiger partial charge in [-0.25, -0.2) is 0 Å². The van der Waals surface area contributed by atoms with Crippen molar-refractivity contribution in [3.8, 4) is 0 Å². The lowest BCUT2D eigenvalue weighted by Crippen LogP contribution is -2.15. The van der Waals surface area contributed by atoms with Gasteiger partial charge in [-0.2, -0.15) is 0 Å². The second kappa shape index (κ2) is 7.59. The van der Waals surface area contributed by atoms with E-state index in [9.17, 15) is 14.7 Å². The summed E-state index contributed by atoms with van der Waals surface area (Å²) >= 11 is 0. The Morgan fingerprint density at radius 3 is 2.29 bits per heavy atom. The molecule has 2 atom stereocenters. The van der Waals surface area contributed by atoms with Gasteiger partial charge >= 0.3 is 0 Å². The number of carbonyl (C=O) groups excluding carboxylic acids is 2. The molecule has 0 saturated heterocycles. The van der Waals surface area contributed by atoms with E-state index < -0.39 is 0 Å². The molecular formula is C14H24O3. The lowest BCUT2D eigenvalue weighted by Gasteiger charge is -2.14. The predicted octanol–water partition coefficient (Wildman–Crippen LogP) is 2.65. The monoisotopic (exact) mass is 240 g/mol. The first-order chi connectivity index (χ1) is 8.09. The van der Waals surface area contributed by atoms with Gasteiger partial charge in [0.2, 0.25) is 0 Å². The highest BCUT2D eigenvalue weighted by Crippen LogP contribution is 2.24. The number of rotatable bonds is 4. The van der Waals surface area contributed by atoms with Gasteiger partial charge in [0.25, 0.3) is 0 Å². The zero-order chi connectivity index (χ0) is 12.7. The molecule has 1 fully saturated rings. The summed E-state index contributed by atoms with van der Waals surface area (Å²) < 4.78 is 0. The second-order valence-corrected chi connectivity index (χ2v) is 5.23. The molecule has 1 aliphatic carbocycles. The molecule has 0 aromatic rings. The Labute approximate surface area is 104 Å². The van der Waals surface area contributed by atoms with Gasteiger partial charge in [0.1, 0.15) is 11.6 Å². The molecular weight excluding hydrogens is 216 g/mol. The van der Waals surface area contributed by atoms with Gasteiger partial charge in [-0.15, -0.1) is 0 Å². The Morgan fingerprint density at radius 1 is 1.00 bits per heavy atom. The highest BCUT2D eigenvalue weighted by Gasteiger charge is 2.20. The first-order valence-electron chi connectivity index (χ1n) is 6.80. The highest BCUT2D eigenvalue weighted by atomic mass is 16.3. The molecule has 1 rings (SSSR count). The van der Waals surface area contributed by atoms with Crippen LogP contribution in [0.4, 0.5) is 0 Å². The number of Topliss-reactive ketones (excluding diaryl/α,β-unsaturated/α-hetero) is 2. The summed E-state index contributed by atoms with van der Waals surface area (Å²) in [7, 11) is 0. The number of carbonyl (C=O) groups is 2. The molecule has 2 unspecified atom stereocenters. The van der Waals surface area contributed by atoms with Gasteiger partial charge in [-0.1, -0.05) is 19.3 Å². The molecule has 0 amide bonds. The topological polar surface area (TPSA) is 54.4 Å². The van der Waals surface area contributed by atoms with Crippen LogP contribution in [0, 0.1) is 5.92 Å². The third-order valence-corrected chi connectivity index (χ3v) is 3.61. The van der Waals surface area contributed by atoms with E-state index >= 15 is 0 Å². The van der Waals surface area contributed by atoms with E-state index in [-0.39, 0.29) is 23.6 Å². The van der Waals surface area contributed by atoms with Crippen molar-refractivity contribution < 1.29 is 14.7 Å². The third-order valence-electron chi connectivity index (χ3n) is 3.61. The second-order valence-electron chi connectivity index (χ2n) is 5.23. The normalized spacial score (nSPS) is 26.7. The van der Waals surface area contributed by atoms with Crippen molar-refractivity contribution in [2.75, 3.05) is 0 Å². The Balaban J connectivity index is 2.39. The number of ketones is 2. The molecule has 17 heavy (non-hydrogen) atoms. The molecule has 1 aliphatic rings. The number of hydrogen-bond acceptors (Lipinski definition) is 3. The third kappa shape index (κ3) is 5.97. The Kier molecular flexibility index (Phi) is 6.41. The molecule has 0 aromatic heterocycles. The van der Waals surface area contributed by atoms with Gasteiger partial charge in [0.15, 0.2) is 0 Å². The van der Waals surface area contributed by atoms with Crippen LogP contribution in [0.3, 0.4) is 0 Å². The molecule has 1 N–H and O–H groups in total. The Hall–Kier alpha value is -0.700. The van der Waals surface area contributed by atoms with Crippen LogP contribution in [-0.2, 0) is 9.59 Å². The number of aliphatic hydroxyl groups is 1. The molecule has 1 saturated carbocycles. The fraction of sp³-hybridized carbons (Fsp3) is 0.857. The summed E-state index contributed by atoms with van der Waals surface area (Å²) in [4.78, 5) is 22.8. The molecule has 98 valence electrons. The van der Waals surface area contributed by atoms with Crippen molar-refractivity contribution in [1.82, 2.24) is 0 Å². The molecule has 0 bridgehead atoms. The van der Waals surface area contributed by atoms with Crippen molar-refractivity contribution in [3.63, 3.8) is 0 Å². The summed E-state index contributed by atoms with van der Waals surface area (Å²) in [5.41, 5.74) is 0. The zero-order valence-electron chi connectivity index (χ0n) is 10.8. The average molecular weight is 240 g/mol. The van der Waals surface area contributed by atoms with E-state index in [4.69, 9.17) is 0 Å². The van der Waals surface area contributed by atoms with Crippen LogP contribution in [0.2, 0.25) is 0 Å².